The molecule has 0 radical (unpaired) electrons. The molecule has 0 aliphatic carbocycles. The van der Waals surface area contributed by atoms with Gasteiger partial charge in [0.2, 0.25) is 0 Å². The number of aromatic nitrogens is 1. The van der Waals surface area contributed by atoms with E-state index < -0.39 is 0 Å². The molecule has 19 heavy (non-hydrogen) atoms. The highest BCUT2D eigenvalue weighted by Crippen LogP contribution is 2.25. The monoisotopic (exact) mass is 280 g/mol. The fourth-order valence-electron chi connectivity index (χ4n) is 1.62. The minimum absolute atomic E-state index is 0.253. The second-order valence-electron chi connectivity index (χ2n) is 3.93. The van der Waals surface area contributed by atoms with Crippen LogP contribution >= 0.6 is 11.6 Å². The molecule has 1 aromatic heterocycles. The Bertz CT molecular complexity index is 563. The minimum Gasteiger partial charge on any atom is -0.486 e. The fourth-order valence-corrected chi connectivity index (χ4v) is 1.84. The molecule has 0 atom stereocenters. The maximum atomic E-state index is 12.9. The molecule has 1 heterocycles. The summed E-state index contributed by atoms with van der Waals surface area (Å²) in [7, 11) is 0. The maximum Gasteiger partial charge on any atom is 0.138 e. The van der Waals surface area contributed by atoms with Crippen molar-refractivity contribution in [2.45, 2.75) is 13.5 Å². The topological polar surface area (TPSA) is 34.2 Å². The normalized spacial score (nSPS) is 10.3. The van der Waals surface area contributed by atoms with E-state index in [1.54, 1.807) is 6.20 Å². The molecular formula is C14H14ClFN2O. The van der Waals surface area contributed by atoms with Crippen LogP contribution in [0.25, 0.3) is 0 Å². The molecule has 0 spiro atoms. The van der Waals surface area contributed by atoms with Gasteiger partial charge in [-0.15, -0.1) is 0 Å². The quantitative estimate of drug-likeness (QED) is 0.902. The van der Waals surface area contributed by atoms with E-state index in [1.807, 2.05) is 19.1 Å². The van der Waals surface area contributed by atoms with Gasteiger partial charge in [0.15, 0.2) is 0 Å². The first-order chi connectivity index (χ1) is 9.19. The molecular weight excluding hydrogens is 267 g/mol. The molecule has 0 aliphatic rings. The van der Waals surface area contributed by atoms with Gasteiger partial charge < -0.3 is 10.1 Å². The van der Waals surface area contributed by atoms with Crippen molar-refractivity contribution in [2.75, 3.05) is 11.9 Å². The molecule has 100 valence electrons. The van der Waals surface area contributed by atoms with Crippen LogP contribution in [-0.4, -0.2) is 11.5 Å². The zero-order chi connectivity index (χ0) is 13.7. The second-order valence-corrected chi connectivity index (χ2v) is 4.34. The average Bonchev–Trinajstić information content (AvgIpc) is 2.38. The molecule has 5 heteroatoms. The Balaban J connectivity index is 2.03. The lowest BCUT2D eigenvalue weighted by Crippen LogP contribution is -2.02. The van der Waals surface area contributed by atoms with Crippen LogP contribution in [0, 0.1) is 5.82 Å². The molecule has 0 unspecified atom stereocenters. The zero-order valence-corrected chi connectivity index (χ0v) is 11.2. The van der Waals surface area contributed by atoms with Crippen molar-refractivity contribution in [1.29, 1.82) is 0 Å². The fraction of sp³-hybridized carbons (Fsp3) is 0.214. The lowest BCUT2D eigenvalue weighted by atomic mass is 10.3. The van der Waals surface area contributed by atoms with Gasteiger partial charge in [0.25, 0.3) is 0 Å². The molecule has 0 fully saturated rings. The van der Waals surface area contributed by atoms with Crippen LogP contribution in [0.1, 0.15) is 12.6 Å². The van der Waals surface area contributed by atoms with Gasteiger partial charge in [-0.1, -0.05) is 11.6 Å². The first-order valence-corrected chi connectivity index (χ1v) is 6.33. The highest BCUT2D eigenvalue weighted by Gasteiger charge is 2.04. The Hall–Kier alpha value is -1.81. The average molecular weight is 281 g/mol. The predicted octanol–water partition coefficient (Wildman–Crippen LogP) is 3.88. The summed E-state index contributed by atoms with van der Waals surface area (Å²) in [4.78, 5) is 4.20. The smallest absolute Gasteiger partial charge is 0.138 e. The van der Waals surface area contributed by atoms with E-state index in [2.05, 4.69) is 10.3 Å². The van der Waals surface area contributed by atoms with E-state index in [-0.39, 0.29) is 17.4 Å². The Kier molecular flexibility index (Phi) is 4.58. The molecule has 0 amide bonds. The van der Waals surface area contributed by atoms with E-state index in [0.717, 1.165) is 17.9 Å². The number of hydrogen-bond donors (Lipinski definition) is 1. The number of ether oxygens (including phenoxy) is 1. The maximum absolute atomic E-state index is 12.9. The van der Waals surface area contributed by atoms with Gasteiger partial charge in [-0.3, -0.25) is 4.98 Å². The molecule has 1 N–H and O–H groups in total. The van der Waals surface area contributed by atoms with Crippen LogP contribution in [0.5, 0.6) is 5.75 Å². The van der Waals surface area contributed by atoms with Gasteiger partial charge in [-0.05, 0) is 37.3 Å². The summed E-state index contributed by atoms with van der Waals surface area (Å²) in [5.74, 6) is 0.0586. The van der Waals surface area contributed by atoms with Crippen LogP contribution in [0.4, 0.5) is 10.1 Å². The number of benzene rings is 1. The van der Waals surface area contributed by atoms with E-state index in [0.29, 0.717) is 5.75 Å². The Morgan fingerprint density at radius 1 is 1.32 bits per heavy atom. The van der Waals surface area contributed by atoms with E-state index in [9.17, 15) is 4.39 Å². The third-order valence-corrected chi connectivity index (χ3v) is 2.76. The highest BCUT2D eigenvalue weighted by molar-refractivity contribution is 6.32. The summed E-state index contributed by atoms with van der Waals surface area (Å²) in [5, 5.41) is 3.45. The van der Waals surface area contributed by atoms with Crippen molar-refractivity contribution < 1.29 is 9.13 Å². The van der Waals surface area contributed by atoms with Gasteiger partial charge in [-0.2, -0.15) is 0 Å². The summed E-state index contributed by atoms with van der Waals surface area (Å²) in [6.07, 6.45) is 1.71. The molecule has 1 aromatic carbocycles. The molecule has 2 rings (SSSR count). The van der Waals surface area contributed by atoms with Crippen LogP contribution in [0.15, 0.2) is 36.5 Å². The summed E-state index contributed by atoms with van der Waals surface area (Å²) >= 11 is 5.88. The van der Waals surface area contributed by atoms with Crippen LogP contribution < -0.4 is 10.1 Å². The van der Waals surface area contributed by atoms with Crippen molar-refractivity contribution in [1.82, 2.24) is 4.98 Å². The molecule has 0 saturated carbocycles. The lowest BCUT2D eigenvalue weighted by molar-refractivity contribution is 0.301. The van der Waals surface area contributed by atoms with Crippen molar-refractivity contribution in [3.63, 3.8) is 0 Å². The zero-order valence-electron chi connectivity index (χ0n) is 10.5. The lowest BCUT2D eigenvalue weighted by Gasteiger charge is -2.09. The van der Waals surface area contributed by atoms with Crippen LogP contribution in [0.2, 0.25) is 5.02 Å². The number of halogens is 2. The Morgan fingerprint density at radius 3 is 2.89 bits per heavy atom. The first-order valence-electron chi connectivity index (χ1n) is 5.95. The minimum atomic E-state index is -0.385. The number of pyridine rings is 1. The highest BCUT2D eigenvalue weighted by atomic mass is 35.5. The molecule has 3 nitrogen and oxygen atoms in total. The van der Waals surface area contributed by atoms with Gasteiger partial charge in [0, 0.05) is 18.4 Å². The van der Waals surface area contributed by atoms with Gasteiger partial charge in [0.1, 0.15) is 18.2 Å². The van der Waals surface area contributed by atoms with Crippen LogP contribution in [-0.2, 0) is 6.61 Å². The summed E-state index contributed by atoms with van der Waals surface area (Å²) in [6, 6.07) is 7.83. The molecule has 0 aliphatic heterocycles. The van der Waals surface area contributed by atoms with Crippen LogP contribution in [0.3, 0.4) is 0 Å². The molecule has 0 bridgehead atoms. The first kappa shape index (κ1) is 13.6. The number of rotatable bonds is 5. The van der Waals surface area contributed by atoms with Gasteiger partial charge in [0.05, 0.1) is 10.7 Å². The third-order valence-electron chi connectivity index (χ3n) is 2.47. The van der Waals surface area contributed by atoms with Crippen molar-refractivity contribution >= 4 is 17.3 Å². The SMILES string of the molecule is CCNc1ccnc(COc2ccc(F)cc2Cl)c1. The Morgan fingerprint density at radius 2 is 2.16 bits per heavy atom. The van der Waals surface area contributed by atoms with Crippen molar-refractivity contribution in [3.05, 3.63) is 53.1 Å². The van der Waals surface area contributed by atoms with Crippen molar-refractivity contribution in [3.8, 4) is 5.75 Å². The van der Waals surface area contributed by atoms with E-state index in [1.165, 1.54) is 18.2 Å². The van der Waals surface area contributed by atoms with Gasteiger partial charge >= 0.3 is 0 Å². The standard InChI is InChI=1S/C14H14ClFN2O/c1-2-17-11-5-6-18-12(8-11)9-19-14-4-3-10(16)7-13(14)15/h3-8H,2,9H2,1H3,(H,17,18). The van der Waals surface area contributed by atoms with Crippen molar-refractivity contribution in [2.24, 2.45) is 0 Å². The van der Waals surface area contributed by atoms with E-state index in [4.69, 9.17) is 16.3 Å². The predicted molar refractivity (Wildman–Crippen MR) is 74.1 cm³/mol. The third kappa shape index (κ3) is 3.83. The number of anilines is 1. The summed E-state index contributed by atoms with van der Waals surface area (Å²) in [5.41, 5.74) is 1.76. The number of nitrogens with zero attached hydrogens (tertiary/aromatic N) is 1. The summed E-state index contributed by atoms with van der Waals surface area (Å²) in [6.45, 7) is 3.15. The van der Waals surface area contributed by atoms with Gasteiger partial charge in [-0.25, -0.2) is 4.39 Å². The number of hydrogen-bond acceptors (Lipinski definition) is 3. The Labute approximate surface area is 116 Å². The van der Waals surface area contributed by atoms with E-state index >= 15 is 0 Å². The summed E-state index contributed by atoms with van der Waals surface area (Å²) < 4.78 is 18.4. The molecule has 0 saturated heterocycles. The molecule has 2 aromatic rings. The second kappa shape index (κ2) is 6.38. The number of nitrogens with one attached hydrogen (secondary N) is 1. The largest absolute Gasteiger partial charge is 0.486 e.